The van der Waals surface area contributed by atoms with E-state index < -0.39 is 0 Å². The summed E-state index contributed by atoms with van der Waals surface area (Å²) in [6.45, 7) is 0.929. The van der Waals surface area contributed by atoms with E-state index >= 15 is 0 Å². The molecule has 0 saturated heterocycles. The molecule has 0 heterocycles. The van der Waals surface area contributed by atoms with Gasteiger partial charge in [-0.05, 0) is 12.1 Å². The predicted octanol–water partition coefficient (Wildman–Crippen LogP) is 0.785. The highest BCUT2D eigenvalue weighted by atomic mass is 16.5. The number of aliphatic hydroxyl groups is 1. The summed E-state index contributed by atoms with van der Waals surface area (Å²) in [5.74, 6) is 0.654. The Labute approximate surface area is 118 Å². The SMILES string of the molecule is COCCN(CCO)C(=O)c1cccc(OC)c1OC. The number of methoxy groups -OCH3 is 3. The van der Waals surface area contributed by atoms with Gasteiger partial charge in [0.15, 0.2) is 11.5 Å². The second-order valence-electron chi connectivity index (χ2n) is 4.05. The number of hydrogen-bond acceptors (Lipinski definition) is 5. The van der Waals surface area contributed by atoms with Gasteiger partial charge in [-0.1, -0.05) is 6.07 Å². The van der Waals surface area contributed by atoms with E-state index in [1.807, 2.05) is 0 Å². The highest BCUT2D eigenvalue weighted by Gasteiger charge is 2.21. The Morgan fingerprint density at radius 1 is 1.20 bits per heavy atom. The molecular formula is C14H21NO5. The lowest BCUT2D eigenvalue weighted by Gasteiger charge is -2.22. The molecule has 0 unspecified atom stereocenters. The van der Waals surface area contributed by atoms with Crippen LogP contribution in [0.5, 0.6) is 11.5 Å². The van der Waals surface area contributed by atoms with Crippen LogP contribution in [0.15, 0.2) is 18.2 Å². The Kier molecular flexibility index (Phi) is 6.83. The van der Waals surface area contributed by atoms with E-state index in [-0.39, 0.29) is 19.1 Å². The number of nitrogens with zero attached hydrogens (tertiary/aromatic N) is 1. The minimum Gasteiger partial charge on any atom is -0.493 e. The zero-order chi connectivity index (χ0) is 15.0. The van der Waals surface area contributed by atoms with Crippen molar-refractivity contribution in [3.63, 3.8) is 0 Å². The molecule has 0 spiro atoms. The first-order chi connectivity index (χ1) is 9.69. The first kappa shape index (κ1) is 16.3. The summed E-state index contributed by atoms with van der Waals surface area (Å²) in [4.78, 5) is 14.0. The molecule has 0 fully saturated rings. The molecule has 112 valence electrons. The van der Waals surface area contributed by atoms with E-state index in [4.69, 9.17) is 19.3 Å². The van der Waals surface area contributed by atoms with Crippen molar-refractivity contribution in [2.75, 3.05) is 47.6 Å². The Bertz CT molecular complexity index is 436. The van der Waals surface area contributed by atoms with Gasteiger partial charge in [-0.15, -0.1) is 0 Å². The van der Waals surface area contributed by atoms with E-state index in [9.17, 15) is 4.79 Å². The molecule has 1 aromatic carbocycles. The van der Waals surface area contributed by atoms with Gasteiger partial charge >= 0.3 is 0 Å². The summed E-state index contributed by atoms with van der Waals surface area (Å²) in [6, 6.07) is 5.12. The van der Waals surface area contributed by atoms with Crippen molar-refractivity contribution in [2.24, 2.45) is 0 Å². The minimum absolute atomic E-state index is 0.109. The largest absolute Gasteiger partial charge is 0.493 e. The fraction of sp³-hybridized carbons (Fsp3) is 0.500. The molecule has 20 heavy (non-hydrogen) atoms. The van der Waals surface area contributed by atoms with Crippen LogP contribution in [0, 0.1) is 0 Å². The zero-order valence-corrected chi connectivity index (χ0v) is 12.1. The third kappa shape index (κ3) is 3.85. The molecule has 0 saturated carbocycles. The molecule has 0 bridgehead atoms. The molecular weight excluding hydrogens is 262 g/mol. The van der Waals surface area contributed by atoms with Crippen LogP contribution in [0.4, 0.5) is 0 Å². The van der Waals surface area contributed by atoms with Crippen molar-refractivity contribution in [1.82, 2.24) is 4.90 Å². The number of amides is 1. The van der Waals surface area contributed by atoms with Crippen LogP contribution in [-0.2, 0) is 4.74 Å². The van der Waals surface area contributed by atoms with Crippen molar-refractivity contribution in [3.05, 3.63) is 23.8 Å². The topological polar surface area (TPSA) is 68.2 Å². The molecule has 6 heteroatoms. The van der Waals surface area contributed by atoms with Gasteiger partial charge in [-0.25, -0.2) is 0 Å². The first-order valence-electron chi connectivity index (χ1n) is 6.29. The molecule has 1 aromatic rings. The smallest absolute Gasteiger partial charge is 0.257 e. The molecule has 0 aliphatic rings. The molecule has 1 N–H and O–H groups in total. The summed E-state index contributed by atoms with van der Waals surface area (Å²) >= 11 is 0. The van der Waals surface area contributed by atoms with Crippen LogP contribution in [0.25, 0.3) is 0 Å². The Morgan fingerprint density at radius 2 is 1.95 bits per heavy atom. The first-order valence-corrected chi connectivity index (χ1v) is 6.29. The van der Waals surface area contributed by atoms with E-state index in [0.717, 1.165) is 0 Å². The van der Waals surface area contributed by atoms with Crippen LogP contribution in [-0.4, -0.2) is 63.5 Å². The van der Waals surface area contributed by atoms with Crippen molar-refractivity contribution >= 4 is 5.91 Å². The van der Waals surface area contributed by atoms with Gasteiger partial charge in [0.25, 0.3) is 5.91 Å². The number of hydrogen-bond donors (Lipinski definition) is 1. The van der Waals surface area contributed by atoms with E-state index in [2.05, 4.69) is 0 Å². The number of carbonyl (C=O) groups is 1. The Balaban J connectivity index is 3.04. The van der Waals surface area contributed by atoms with Gasteiger partial charge < -0.3 is 24.2 Å². The molecule has 0 aromatic heterocycles. The maximum atomic E-state index is 12.5. The molecule has 1 rings (SSSR count). The van der Waals surface area contributed by atoms with Crippen LogP contribution in [0.2, 0.25) is 0 Å². The third-order valence-corrected chi connectivity index (χ3v) is 2.86. The van der Waals surface area contributed by atoms with Gasteiger partial charge in [-0.3, -0.25) is 4.79 Å². The quantitative estimate of drug-likeness (QED) is 0.764. The zero-order valence-electron chi connectivity index (χ0n) is 12.1. The van der Waals surface area contributed by atoms with Crippen LogP contribution in [0.1, 0.15) is 10.4 Å². The number of carbonyl (C=O) groups excluding carboxylic acids is 1. The molecule has 0 aliphatic carbocycles. The average molecular weight is 283 g/mol. The fourth-order valence-corrected chi connectivity index (χ4v) is 1.86. The van der Waals surface area contributed by atoms with Crippen LogP contribution in [0.3, 0.4) is 0 Å². The maximum absolute atomic E-state index is 12.5. The summed E-state index contributed by atoms with van der Waals surface area (Å²) in [5.41, 5.74) is 0.399. The second kappa shape index (κ2) is 8.39. The number of rotatable bonds is 8. The monoisotopic (exact) mass is 283 g/mol. The van der Waals surface area contributed by atoms with Crippen molar-refractivity contribution < 1.29 is 24.1 Å². The van der Waals surface area contributed by atoms with Crippen LogP contribution < -0.4 is 9.47 Å². The van der Waals surface area contributed by atoms with Crippen LogP contribution >= 0.6 is 0 Å². The molecule has 0 aliphatic heterocycles. The maximum Gasteiger partial charge on any atom is 0.257 e. The summed E-state index contributed by atoms with van der Waals surface area (Å²) < 4.78 is 15.4. The lowest BCUT2D eigenvalue weighted by Crippen LogP contribution is -2.36. The van der Waals surface area contributed by atoms with Gasteiger partial charge in [0.1, 0.15) is 0 Å². The van der Waals surface area contributed by atoms with E-state index in [0.29, 0.717) is 30.2 Å². The fourth-order valence-electron chi connectivity index (χ4n) is 1.86. The third-order valence-electron chi connectivity index (χ3n) is 2.86. The van der Waals surface area contributed by atoms with Gasteiger partial charge in [0.05, 0.1) is 33.0 Å². The number of para-hydroxylation sites is 1. The summed E-state index contributed by atoms with van der Waals surface area (Å²) in [6.07, 6.45) is 0. The predicted molar refractivity (Wildman–Crippen MR) is 74.4 cm³/mol. The lowest BCUT2D eigenvalue weighted by atomic mass is 10.1. The molecule has 0 atom stereocenters. The second-order valence-corrected chi connectivity index (χ2v) is 4.05. The Hall–Kier alpha value is -1.79. The van der Waals surface area contributed by atoms with E-state index in [1.54, 1.807) is 25.3 Å². The van der Waals surface area contributed by atoms with Crippen molar-refractivity contribution in [2.45, 2.75) is 0 Å². The highest BCUT2D eigenvalue weighted by molar-refractivity contribution is 5.97. The van der Waals surface area contributed by atoms with E-state index in [1.165, 1.54) is 19.1 Å². The van der Waals surface area contributed by atoms with Crippen molar-refractivity contribution in [3.8, 4) is 11.5 Å². The number of aliphatic hydroxyl groups excluding tert-OH is 1. The number of ether oxygens (including phenoxy) is 3. The molecule has 0 radical (unpaired) electrons. The minimum atomic E-state index is -0.230. The summed E-state index contributed by atoms with van der Waals surface area (Å²) in [5, 5.41) is 9.07. The lowest BCUT2D eigenvalue weighted by molar-refractivity contribution is 0.0652. The molecule has 6 nitrogen and oxygen atoms in total. The summed E-state index contributed by atoms with van der Waals surface area (Å²) in [7, 11) is 4.57. The number of benzene rings is 1. The van der Waals surface area contributed by atoms with Crippen molar-refractivity contribution in [1.29, 1.82) is 0 Å². The van der Waals surface area contributed by atoms with Gasteiger partial charge in [0.2, 0.25) is 0 Å². The standard InChI is InChI=1S/C14H21NO5/c1-18-10-8-15(7-9-16)14(17)11-5-4-6-12(19-2)13(11)20-3/h4-6,16H,7-10H2,1-3H3. The normalized spacial score (nSPS) is 10.2. The van der Waals surface area contributed by atoms with Gasteiger partial charge in [-0.2, -0.15) is 0 Å². The van der Waals surface area contributed by atoms with Gasteiger partial charge in [0, 0.05) is 20.2 Å². The Morgan fingerprint density at radius 3 is 2.50 bits per heavy atom. The highest BCUT2D eigenvalue weighted by Crippen LogP contribution is 2.31. The average Bonchev–Trinajstić information content (AvgIpc) is 2.49. The molecule has 1 amide bonds.